The summed E-state index contributed by atoms with van der Waals surface area (Å²) in [5.41, 5.74) is 2.10. The van der Waals surface area contributed by atoms with Gasteiger partial charge in [0.1, 0.15) is 0 Å². The Morgan fingerprint density at radius 1 is 1.50 bits per heavy atom. The minimum Gasteiger partial charge on any atom is -0.377 e. The van der Waals surface area contributed by atoms with Gasteiger partial charge in [0.05, 0.1) is 31.6 Å². The van der Waals surface area contributed by atoms with Crippen molar-refractivity contribution in [2.24, 2.45) is 0 Å². The Morgan fingerprint density at radius 2 is 2.38 bits per heavy atom. The third-order valence-corrected chi connectivity index (χ3v) is 4.47. The predicted octanol–water partition coefficient (Wildman–Crippen LogP) is 2.75. The zero-order valence-corrected chi connectivity index (χ0v) is 14.2. The van der Waals surface area contributed by atoms with Gasteiger partial charge in [-0.05, 0) is 31.0 Å². The molecule has 6 nitrogen and oxygen atoms in total. The van der Waals surface area contributed by atoms with Gasteiger partial charge in [0, 0.05) is 24.6 Å². The SMILES string of the molecule is CC[C@@H]1COCCN1C(=O)N[C@@H](C)c1cccc(-n2ccnc2)c1. The molecule has 24 heavy (non-hydrogen) atoms. The molecular formula is C18H24N4O2. The van der Waals surface area contributed by atoms with Crippen molar-refractivity contribution in [3.05, 3.63) is 48.5 Å². The molecule has 0 spiro atoms. The molecule has 2 heterocycles. The molecule has 6 heteroatoms. The van der Waals surface area contributed by atoms with Gasteiger partial charge in [-0.2, -0.15) is 0 Å². The summed E-state index contributed by atoms with van der Waals surface area (Å²) in [6.07, 6.45) is 6.32. The predicted molar refractivity (Wildman–Crippen MR) is 92.1 cm³/mol. The van der Waals surface area contributed by atoms with E-state index >= 15 is 0 Å². The number of nitrogens with zero attached hydrogens (tertiary/aromatic N) is 3. The van der Waals surface area contributed by atoms with Gasteiger partial charge in [-0.1, -0.05) is 19.1 Å². The molecule has 1 aliphatic rings. The van der Waals surface area contributed by atoms with E-state index in [9.17, 15) is 4.79 Å². The summed E-state index contributed by atoms with van der Waals surface area (Å²) in [5, 5.41) is 3.11. The Kier molecular flexibility index (Phi) is 5.15. The number of ether oxygens (including phenoxy) is 1. The first-order valence-corrected chi connectivity index (χ1v) is 8.42. The number of imidazole rings is 1. The molecule has 0 radical (unpaired) electrons. The van der Waals surface area contributed by atoms with Gasteiger partial charge < -0.3 is 19.5 Å². The average Bonchev–Trinajstić information content (AvgIpc) is 3.16. The number of amides is 2. The minimum absolute atomic E-state index is 0.0225. The van der Waals surface area contributed by atoms with Crippen molar-refractivity contribution >= 4 is 6.03 Å². The van der Waals surface area contributed by atoms with E-state index in [4.69, 9.17) is 4.74 Å². The maximum Gasteiger partial charge on any atom is 0.318 e. The number of carbonyl (C=O) groups excluding carboxylic acids is 1. The van der Waals surface area contributed by atoms with Gasteiger partial charge >= 0.3 is 6.03 Å². The molecule has 1 fully saturated rings. The van der Waals surface area contributed by atoms with E-state index in [1.165, 1.54) is 0 Å². The van der Waals surface area contributed by atoms with Gasteiger partial charge in [0.2, 0.25) is 0 Å². The number of carbonyl (C=O) groups is 1. The fourth-order valence-electron chi connectivity index (χ4n) is 2.98. The van der Waals surface area contributed by atoms with Crippen LogP contribution in [0.1, 0.15) is 31.9 Å². The first-order chi connectivity index (χ1) is 11.7. The molecule has 2 aromatic rings. The van der Waals surface area contributed by atoms with E-state index in [1.807, 2.05) is 40.8 Å². The molecular weight excluding hydrogens is 304 g/mol. The molecule has 0 aliphatic carbocycles. The number of aromatic nitrogens is 2. The highest BCUT2D eigenvalue weighted by Gasteiger charge is 2.26. The van der Waals surface area contributed by atoms with Gasteiger partial charge in [-0.15, -0.1) is 0 Å². The molecule has 0 bridgehead atoms. The lowest BCUT2D eigenvalue weighted by molar-refractivity contribution is 0.0108. The molecule has 1 N–H and O–H groups in total. The molecule has 2 amide bonds. The molecule has 0 saturated carbocycles. The summed E-state index contributed by atoms with van der Waals surface area (Å²) in [6.45, 7) is 5.96. The second kappa shape index (κ2) is 7.49. The standard InChI is InChI=1S/C18H24N4O2/c1-3-16-12-24-10-9-22(16)18(23)20-14(2)15-5-4-6-17(11-15)21-8-7-19-13-21/h4-8,11,13-14,16H,3,9-10,12H2,1-2H3,(H,20,23)/t14-,16+/m0/s1. The van der Waals surface area contributed by atoms with Crippen molar-refractivity contribution in [3.63, 3.8) is 0 Å². The highest BCUT2D eigenvalue weighted by molar-refractivity contribution is 5.75. The molecule has 1 aliphatic heterocycles. The van der Waals surface area contributed by atoms with Crippen LogP contribution in [0.3, 0.4) is 0 Å². The van der Waals surface area contributed by atoms with Crippen LogP contribution in [0, 0.1) is 0 Å². The van der Waals surface area contributed by atoms with Gasteiger partial charge in [-0.25, -0.2) is 9.78 Å². The Balaban J connectivity index is 1.69. The van der Waals surface area contributed by atoms with E-state index in [1.54, 1.807) is 12.5 Å². The third kappa shape index (κ3) is 3.59. The zero-order valence-electron chi connectivity index (χ0n) is 14.2. The first-order valence-electron chi connectivity index (χ1n) is 8.42. The summed E-state index contributed by atoms with van der Waals surface area (Å²) in [7, 11) is 0. The van der Waals surface area contributed by atoms with Gasteiger partial charge in [0.25, 0.3) is 0 Å². The van der Waals surface area contributed by atoms with Crippen molar-refractivity contribution in [1.29, 1.82) is 0 Å². The van der Waals surface area contributed by atoms with Crippen LogP contribution in [0.5, 0.6) is 0 Å². The van der Waals surface area contributed by atoms with Crippen molar-refractivity contribution in [1.82, 2.24) is 19.8 Å². The van der Waals surface area contributed by atoms with Crippen molar-refractivity contribution in [2.75, 3.05) is 19.8 Å². The van der Waals surface area contributed by atoms with Crippen LogP contribution in [-0.2, 0) is 4.74 Å². The number of nitrogens with one attached hydrogen (secondary N) is 1. The topological polar surface area (TPSA) is 59.4 Å². The van der Waals surface area contributed by atoms with Crippen LogP contribution < -0.4 is 5.32 Å². The highest BCUT2D eigenvalue weighted by Crippen LogP contribution is 2.18. The van der Waals surface area contributed by atoms with Crippen LogP contribution >= 0.6 is 0 Å². The monoisotopic (exact) mass is 328 g/mol. The van der Waals surface area contributed by atoms with Crippen molar-refractivity contribution in [2.45, 2.75) is 32.4 Å². The number of morpholine rings is 1. The van der Waals surface area contributed by atoms with Crippen molar-refractivity contribution in [3.8, 4) is 5.69 Å². The summed E-state index contributed by atoms with van der Waals surface area (Å²) >= 11 is 0. The summed E-state index contributed by atoms with van der Waals surface area (Å²) in [5.74, 6) is 0. The summed E-state index contributed by atoms with van der Waals surface area (Å²) in [4.78, 5) is 18.6. The summed E-state index contributed by atoms with van der Waals surface area (Å²) in [6, 6.07) is 8.19. The molecule has 1 aromatic carbocycles. The van der Waals surface area contributed by atoms with E-state index in [2.05, 4.69) is 23.3 Å². The number of urea groups is 1. The fraction of sp³-hybridized carbons (Fsp3) is 0.444. The molecule has 1 saturated heterocycles. The Hall–Kier alpha value is -2.34. The Labute approximate surface area is 142 Å². The largest absolute Gasteiger partial charge is 0.377 e. The fourth-order valence-corrected chi connectivity index (χ4v) is 2.98. The normalized spacial score (nSPS) is 19.1. The first kappa shape index (κ1) is 16.5. The quantitative estimate of drug-likeness (QED) is 0.939. The van der Waals surface area contributed by atoms with E-state index in [-0.39, 0.29) is 18.1 Å². The second-order valence-electron chi connectivity index (χ2n) is 6.07. The van der Waals surface area contributed by atoms with E-state index < -0.39 is 0 Å². The van der Waals surface area contributed by atoms with Crippen LogP contribution in [0.4, 0.5) is 4.79 Å². The molecule has 2 atom stereocenters. The number of hydrogen-bond acceptors (Lipinski definition) is 3. The van der Waals surface area contributed by atoms with Crippen molar-refractivity contribution < 1.29 is 9.53 Å². The highest BCUT2D eigenvalue weighted by atomic mass is 16.5. The average molecular weight is 328 g/mol. The molecule has 0 unspecified atom stereocenters. The Bertz CT molecular complexity index is 671. The van der Waals surface area contributed by atoms with Crippen LogP contribution in [0.25, 0.3) is 5.69 Å². The lowest BCUT2D eigenvalue weighted by Gasteiger charge is -2.35. The smallest absolute Gasteiger partial charge is 0.318 e. The van der Waals surface area contributed by atoms with Crippen LogP contribution in [0.2, 0.25) is 0 Å². The van der Waals surface area contributed by atoms with Crippen LogP contribution in [0.15, 0.2) is 43.0 Å². The number of benzene rings is 1. The second-order valence-corrected chi connectivity index (χ2v) is 6.07. The lowest BCUT2D eigenvalue weighted by atomic mass is 10.1. The van der Waals surface area contributed by atoms with Crippen LogP contribution in [-0.4, -0.2) is 46.3 Å². The number of hydrogen-bond donors (Lipinski definition) is 1. The maximum absolute atomic E-state index is 12.6. The molecule has 128 valence electrons. The van der Waals surface area contributed by atoms with Gasteiger partial charge in [-0.3, -0.25) is 0 Å². The molecule has 1 aromatic heterocycles. The molecule has 3 rings (SSSR count). The number of rotatable bonds is 4. The summed E-state index contributed by atoms with van der Waals surface area (Å²) < 4.78 is 7.42. The van der Waals surface area contributed by atoms with E-state index in [0.29, 0.717) is 19.8 Å². The third-order valence-electron chi connectivity index (χ3n) is 4.47. The maximum atomic E-state index is 12.6. The Morgan fingerprint density at radius 3 is 3.12 bits per heavy atom. The zero-order chi connectivity index (χ0) is 16.9. The lowest BCUT2D eigenvalue weighted by Crippen LogP contribution is -2.52. The van der Waals surface area contributed by atoms with E-state index in [0.717, 1.165) is 17.7 Å². The minimum atomic E-state index is -0.0682. The van der Waals surface area contributed by atoms with Gasteiger partial charge in [0.15, 0.2) is 0 Å².